The molecule has 0 bridgehead atoms. The smallest absolute Gasteiger partial charge is 0.303 e. The van der Waals surface area contributed by atoms with Crippen LogP contribution >= 0.6 is 11.6 Å². The van der Waals surface area contributed by atoms with Crippen LogP contribution < -0.4 is 10.2 Å². The Morgan fingerprint density at radius 1 is 0.860 bits per heavy atom. The van der Waals surface area contributed by atoms with Crippen molar-refractivity contribution in [2.45, 2.75) is 58.4 Å². The van der Waals surface area contributed by atoms with E-state index in [1.54, 1.807) is 24.3 Å². The van der Waals surface area contributed by atoms with Gasteiger partial charge in [0.05, 0.1) is 5.56 Å². The Kier molecular flexibility index (Phi) is 9.56. The minimum absolute atomic E-state index is 0.0525. The van der Waals surface area contributed by atoms with Gasteiger partial charge in [-0.1, -0.05) is 23.7 Å². The second-order valence-electron chi connectivity index (χ2n) is 9.49. The van der Waals surface area contributed by atoms with E-state index in [0.717, 1.165) is 33.8 Å². The third kappa shape index (κ3) is 7.43. The number of phenols is 1. The minimum Gasteiger partial charge on any atom is -0.507 e. The highest BCUT2D eigenvalue weighted by Gasteiger charge is 2.53. The monoisotopic (exact) mass is 618 g/mol. The predicted molar refractivity (Wildman–Crippen MR) is 147 cm³/mol. The van der Waals surface area contributed by atoms with Gasteiger partial charge in [0.25, 0.3) is 0 Å². The van der Waals surface area contributed by atoms with Gasteiger partial charge in [-0.15, -0.1) is 0 Å². The maximum atomic E-state index is 13.2. The molecular formula is C29H27ClO13. The van der Waals surface area contributed by atoms with E-state index < -0.39 is 72.4 Å². The van der Waals surface area contributed by atoms with Crippen molar-refractivity contribution in [3.05, 3.63) is 57.9 Å². The number of ether oxygens (including phenoxy) is 6. The summed E-state index contributed by atoms with van der Waals surface area (Å²) in [7, 11) is 0. The van der Waals surface area contributed by atoms with E-state index in [1.807, 2.05) is 0 Å². The minimum atomic E-state index is -1.56. The Morgan fingerprint density at radius 3 is 2.07 bits per heavy atom. The fraction of sp³-hybridized carbons (Fsp3) is 0.345. The third-order valence-corrected chi connectivity index (χ3v) is 6.44. The van der Waals surface area contributed by atoms with E-state index in [-0.39, 0.29) is 22.3 Å². The van der Waals surface area contributed by atoms with Gasteiger partial charge >= 0.3 is 23.9 Å². The topological polar surface area (TPSA) is 174 Å². The van der Waals surface area contributed by atoms with Crippen LogP contribution in [0.4, 0.5) is 0 Å². The van der Waals surface area contributed by atoms with Gasteiger partial charge in [-0.3, -0.25) is 24.0 Å². The number of halogens is 1. The van der Waals surface area contributed by atoms with Crippen LogP contribution in [0.3, 0.4) is 0 Å². The van der Waals surface area contributed by atoms with E-state index in [4.69, 9.17) is 44.4 Å². The van der Waals surface area contributed by atoms with Crippen LogP contribution in [-0.2, 0) is 42.9 Å². The van der Waals surface area contributed by atoms with Gasteiger partial charge in [-0.2, -0.15) is 0 Å². The van der Waals surface area contributed by atoms with Gasteiger partial charge in [0.15, 0.2) is 12.2 Å². The molecule has 1 fully saturated rings. The Labute approximate surface area is 249 Å². The first-order valence-electron chi connectivity index (χ1n) is 12.9. The largest absolute Gasteiger partial charge is 0.507 e. The molecule has 0 aliphatic carbocycles. The molecule has 1 aliphatic rings. The number of carbonyl (C=O) groups is 4. The molecule has 13 nitrogen and oxygen atoms in total. The predicted octanol–water partition coefficient (Wildman–Crippen LogP) is 3.28. The fourth-order valence-electron chi connectivity index (χ4n) is 4.52. The number of hydrogen-bond donors (Lipinski definition) is 1. The van der Waals surface area contributed by atoms with Gasteiger partial charge in [0.1, 0.15) is 41.4 Å². The fourth-order valence-corrected chi connectivity index (χ4v) is 4.65. The third-order valence-electron chi connectivity index (χ3n) is 6.19. The SMILES string of the molecule is CC(=O)OC[C@H]1O[C@@H](Oc2cc(O)c3c(=O)c(-c4ccc(Cl)cc4)coc3c2)[C@@H](OC(C)=O)[C@@H](OC(C)=O)[C@@H]1OC(C)=O. The second kappa shape index (κ2) is 13.1. The molecule has 0 radical (unpaired) electrons. The van der Waals surface area contributed by atoms with Crippen molar-refractivity contribution >= 4 is 46.4 Å². The van der Waals surface area contributed by atoms with Crippen LogP contribution in [0.2, 0.25) is 5.02 Å². The van der Waals surface area contributed by atoms with E-state index in [1.165, 1.54) is 12.3 Å². The number of carbonyl (C=O) groups excluding carboxylic acids is 4. The Morgan fingerprint density at radius 2 is 1.47 bits per heavy atom. The molecule has 1 N–H and O–H groups in total. The first-order chi connectivity index (χ1) is 20.3. The first-order valence-corrected chi connectivity index (χ1v) is 13.2. The van der Waals surface area contributed by atoms with Gasteiger partial charge < -0.3 is 37.9 Å². The number of rotatable bonds is 8. The highest BCUT2D eigenvalue weighted by atomic mass is 35.5. The molecule has 0 spiro atoms. The van der Waals surface area contributed by atoms with Crippen molar-refractivity contribution in [2.75, 3.05) is 6.61 Å². The lowest BCUT2D eigenvalue weighted by Crippen LogP contribution is -2.63. The maximum absolute atomic E-state index is 13.2. The summed E-state index contributed by atoms with van der Waals surface area (Å²) >= 11 is 5.94. The standard InChI is InChI=1S/C29H27ClO13/c1-13(31)37-12-23-26(39-14(2)32)27(40-15(3)33)28(41-16(4)34)29(43-23)42-19-9-21(35)24-22(10-19)38-11-20(25(24)36)17-5-7-18(30)8-6-17/h5-11,23,26-29,35H,12H2,1-4H3/t23-,26-,27+,28+,29-/m1/s1. The highest BCUT2D eigenvalue weighted by Crippen LogP contribution is 2.35. The zero-order chi connectivity index (χ0) is 31.4. The average molecular weight is 619 g/mol. The zero-order valence-corrected chi connectivity index (χ0v) is 24.1. The molecule has 0 saturated carbocycles. The summed E-state index contributed by atoms with van der Waals surface area (Å²) in [6, 6.07) is 8.85. The van der Waals surface area contributed by atoms with Crippen LogP contribution in [-0.4, -0.2) is 66.3 Å². The lowest BCUT2D eigenvalue weighted by molar-refractivity contribution is -0.288. The molecule has 4 rings (SSSR count). The van der Waals surface area contributed by atoms with Crippen molar-refractivity contribution in [3.63, 3.8) is 0 Å². The number of esters is 4. The molecule has 43 heavy (non-hydrogen) atoms. The van der Waals surface area contributed by atoms with Crippen LogP contribution in [0, 0.1) is 0 Å². The van der Waals surface area contributed by atoms with Crippen LogP contribution in [0.5, 0.6) is 11.5 Å². The maximum Gasteiger partial charge on any atom is 0.303 e. The molecule has 1 saturated heterocycles. The molecule has 2 heterocycles. The Balaban J connectivity index is 1.74. The number of fused-ring (bicyclic) bond motifs is 1. The van der Waals surface area contributed by atoms with Gasteiger partial charge in [-0.25, -0.2) is 0 Å². The first kappa shape index (κ1) is 31.3. The van der Waals surface area contributed by atoms with Gasteiger partial charge in [0, 0.05) is 44.9 Å². The number of benzene rings is 2. The zero-order valence-electron chi connectivity index (χ0n) is 23.4. The molecule has 1 aliphatic heterocycles. The van der Waals surface area contributed by atoms with E-state index >= 15 is 0 Å². The number of hydrogen-bond acceptors (Lipinski definition) is 13. The van der Waals surface area contributed by atoms with Gasteiger partial charge in [0.2, 0.25) is 17.8 Å². The lowest BCUT2D eigenvalue weighted by atomic mass is 9.98. The summed E-state index contributed by atoms with van der Waals surface area (Å²) in [4.78, 5) is 60.8. The van der Waals surface area contributed by atoms with Gasteiger partial charge in [-0.05, 0) is 17.7 Å². The summed E-state index contributed by atoms with van der Waals surface area (Å²) in [5.74, 6) is -3.70. The molecule has 3 aromatic rings. The molecule has 1 aromatic heterocycles. The summed E-state index contributed by atoms with van der Waals surface area (Å²) in [6.07, 6.45) is -5.93. The normalized spacial score (nSPS) is 21.5. The lowest BCUT2D eigenvalue weighted by Gasteiger charge is -2.43. The Bertz CT molecular complexity index is 1600. The van der Waals surface area contributed by atoms with Crippen LogP contribution in [0.15, 0.2) is 51.9 Å². The van der Waals surface area contributed by atoms with Crippen LogP contribution in [0.25, 0.3) is 22.1 Å². The van der Waals surface area contributed by atoms with Crippen LogP contribution in [0.1, 0.15) is 27.7 Å². The van der Waals surface area contributed by atoms with Crippen molar-refractivity contribution in [1.29, 1.82) is 0 Å². The molecule has 0 amide bonds. The molecule has 2 aromatic carbocycles. The van der Waals surface area contributed by atoms with Crippen molar-refractivity contribution in [3.8, 4) is 22.6 Å². The van der Waals surface area contributed by atoms with E-state index in [0.29, 0.717) is 10.6 Å². The molecule has 14 heteroatoms. The number of aromatic hydroxyl groups is 1. The molecule has 5 atom stereocenters. The Hall–Kier alpha value is -4.62. The molecular weight excluding hydrogens is 592 g/mol. The van der Waals surface area contributed by atoms with Crippen molar-refractivity contribution in [1.82, 2.24) is 0 Å². The summed E-state index contributed by atoms with van der Waals surface area (Å²) in [5, 5.41) is 11.2. The molecule has 228 valence electrons. The van der Waals surface area contributed by atoms with E-state index in [9.17, 15) is 29.1 Å². The van der Waals surface area contributed by atoms with Crippen molar-refractivity contribution < 1.29 is 57.1 Å². The molecule has 0 unspecified atom stereocenters. The summed E-state index contributed by atoms with van der Waals surface area (Å²) < 4.78 is 38.6. The number of phenolic OH excluding ortho intramolecular Hbond substituents is 1. The van der Waals surface area contributed by atoms with E-state index in [2.05, 4.69) is 0 Å². The highest BCUT2D eigenvalue weighted by molar-refractivity contribution is 6.30. The summed E-state index contributed by atoms with van der Waals surface area (Å²) in [5.41, 5.74) is 0.105. The second-order valence-corrected chi connectivity index (χ2v) is 9.92. The summed E-state index contributed by atoms with van der Waals surface area (Å²) in [6.45, 7) is 3.96. The quantitative estimate of drug-likeness (QED) is 0.288. The van der Waals surface area contributed by atoms with Crippen molar-refractivity contribution in [2.24, 2.45) is 0 Å². The average Bonchev–Trinajstić information content (AvgIpc) is 2.91.